The first-order chi connectivity index (χ1) is 10.1. The molecule has 0 atom stereocenters. The van der Waals surface area contributed by atoms with Crippen LogP contribution < -0.4 is 5.32 Å². The number of nitrogens with one attached hydrogen (secondary N) is 1. The zero-order valence-corrected chi connectivity index (χ0v) is 12.1. The number of rotatable bonds is 3. The maximum atomic E-state index is 11.0. The zero-order chi connectivity index (χ0) is 14.9. The second kappa shape index (κ2) is 5.61. The molecule has 1 saturated carbocycles. The number of nitrogens with zero attached hydrogens (tertiary/aromatic N) is 1. The molecule has 1 N–H and O–H groups in total. The van der Waals surface area contributed by atoms with E-state index in [-0.39, 0.29) is 16.4 Å². The number of hydrogen-bond acceptors (Lipinski definition) is 5. The van der Waals surface area contributed by atoms with Gasteiger partial charge in [0.15, 0.2) is 5.79 Å². The van der Waals surface area contributed by atoms with Crippen LogP contribution in [0.4, 0.5) is 11.4 Å². The number of anilines is 1. The third kappa shape index (κ3) is 2.87. The van der Waals surface area contributed by atoms with Gasteiger partial charge in [0, 0.05) is 36.2 Å². The quantitative estimate of drug-likeness (QED) is 0.684. The van der Waals surface area contributed by atoms with E-state index in [9.17, 15) is 10.1 Å². The van der Waals surface area contributed by atoms with Gasteiger partial charge in [-0.05, 0) is 25.8 Å². The third-order valence-electron chi connectivity index (χ3n) is 4.42. The summed E-state index contributed by atoms with van der Waals surface area (Å²) in [5.74, 6) is -0.365. The molecule has 1 heterocycles. The summed E-state index contributed by atoms with van der Waals surface area (Å²) < 4.78 is 11.4. The maximum absolute atomic E-state index is 11.0. The van der Waals surface area contributed by atoms with Gasteiger partial charge in [-0.15, -0.1) is 0 Å². The SMILES string of the molecule is Cc1c(NC2CCC3(CC2)OCCO3)cccc1[N+](=O)[O-]. The average Bonchev–Trinajstić information content (AvgIpc) is 2.92. The summed E-state index contributed by atoms with van der Waals surface area (Å²) in [4.78, 5) is 10.6. The monoisotopic (exact) mass is 292 g/mol. The Morgan fingerprint density at radius 3 is 2.57 bits per heavy atom. The second-order valence-electron chi connectivity index (χ2n) is 5.73. The normalized spacial score (nSPS) is 21.6. The Bertz CT molecular complexity index is 530. The van der Waals surface area contributed by atoms with Crippen LogP contribution >= 0.6 is 0 Å². The van der Waals surface area contributed by atoms with Crippen molar-refractivity contribution in [3.63, 3.8) is 0 Å². The van der Waals surface area contributed by atoms with Gasteiger partial charge in [-0.1, -0.05) is 6.07 Å². The lowest BCUT2D eigenvalue weighted by Gasteiger charge is -2.36. The fraction of sp³-hybridized carbons (Fsp3) is 0.600. The minimum Gasteiger partial charge on any atom is -0.382 e. The van der Waals surface area contributed by atoms with Crippen LogP contribution in [-0.2, 0) is 9.47 Å². The second-order valence-corrected chi connectivity index (χ2v) is 5.73. The Kier molecular flexibility index (Phi) is 3.82. The van der Waals surface area contributed by atoms with Gasteiger partial charge in [0.05, 0.1) is 18.1 Å². The molecular formula is C15H20N2O4. The van der Waals surface area contributed by atoms with Crippen LogP contribution in [-0.4, -0.2) is 30.0 Å². The van der Waals surface area contributed by atoms with E-state index in [2.05, 4.69) is 5.32 Å². The Morgan fingerprint density at radius 2 is 1.95 bits per heavy atom. The van der Waals surface area contributed by atoms with Gasteiger partial charge in [0.2, 0.25) is 0 Å². The Labute approximate surface area is 123 Å². The lowest BCUT2D eigenvalue weighted by atomic mass is 9.89. The van der Waals surface area contributed by atoms with Crippen molar-refractivity contribution in [3.8, 4) is 0 Å². The lowest BCUT2D eigenvalue weighted by Crippen LogP contribution is -2.39. The van der Waals surface area contributed by atoms with E-state index in [1.165, 1.54) is 6.07 Å². The predicted octanol–water partition coefficient (Wildman–Crippen LogP) is 3.00. The van der Waals surface area contributed by atoms with Crippen molar-refractivity contribution < 1.29 is 14.4 Å². The van der Waals surface area contributed by atoms with Crippen LogP contribution in [0.5, 0.6) is 0 Å². The highest BCUT2D eigenvalue weighted by Gasteiger charge is 2.40. The molecule has 1 aliphatic carbocycles. The summed E-state index contributed by atoms with van der Waals surface area (Å²) in [5, 5.41) is 14.4. The minimum atomic E-state index is -0.365. The minimum absolute atomic E-state index is 0.162. The van der Waals surface area contributed by atoms with Crippen molar-refractivity contribution in [2.75, 3.05) is 18.5 Å². The Morgan fingerprint density at radius 1 is 1.29 bits per heavy atom. The first-order valence-electron chi connectivity index (χ1n) is 7.38. The Hall–Kier alpha value is -1.66. The van der Waals surface area contributed by atoms with Gasteiger partial charge in [-0.2, -0.15) is 0 Å². The van der Waals surface area contributed by atoms with E-state index in [0.29, 0.717) is 24.8 Å². The van der Waals surface area contributed by atoms with Gasteiger partial charge >= 0.3 is 0 Å². The highest BCUT2D eigenvalue weighted by Crippen LogP contribution is 2.37. The summed E-state index contributed by atoms with van der Waals surface area (Å²) in [6.07, 6.45) is 3.64. The van der Waals surface area contributed by atoms with Crippen molar-refractivity contribution in [3.05, 3.63) is 33.9 Å². The van der Waals surface area contributed by atoms with Crippen molar-refractivity contribution in [2.24, 2.45) is 0 Å². The molecule has 0 bridgehead atoms. The standard InChI is InChI=1S/C15H20N2O4/c1-11-13(3-2-4-14(11)17(18)19)16-12-5-7-15(8-6-12)20-9-10-21-15/h2-4,12,16H,5-10H2,1H3. The highest BCUT2D eigenvalue weighted by atomic mass is 16.7. The van der Waals surface area contributed by atoms with E-state index in [1.54, 1.807) is 13.0 Å². The topological polar surface area (TPSA) is 73.6 Å². The molecule has 1 spiro atoms. The van der Waals surface area contributed by atoms with Gasteiger partial charge in [-0.3, -0.25) is 10.1 Å². The molecule has 114 valence electrons. The molecule has 3 rings (SSSR count). The van der Waals surface area contributed by atoms with Crippen LogP contribution in [0.1, 0.15) is 31.2 Å². The lowest BCUT2D eigenvalue weighted by molar-refractivity contribution is -0.385. The molecule has 6 heteroatoms. The number of nitro benzene ring substituents is 1. The molecule has 6 nitrogen and oxygen atoms in total. The largest absolute Gasteiger partial charge is 0.382 e. The first-order valence-corrected chi connectivity index (χ1v) is 7.38. The molecular weight excluding hydrogens is 272 g/mol. The molecule has 1 aliphatic heterocycles. The maximum Gasteiger partial charge on any atom is 0.274 e. The van der Waals surface area contributed by atoms with Crippen LogP contribution in [0.15, 0.2) is 18.2 Å². The van der Waals surface area contributed by atoms with E-state index in [1.807, 2.05) is 6.07 Å². The van der Waals surface area contributed by atoms with E-state index in [0.717, 1.165) is 31.4 Å². The van der Waals surface area contributed by atoms with Crippen molar-refractivity contribution >= 4 is 11.4 Å². The number of ether oxygens (including phenoxy) is 2. The molecule has 1 aromatic carbocycles. The number of nitro groups is 1. The smallest absolute Gasteiger partial charge is 0.274 e. The molecule has 0 unspecified atom stereocenters. The van der Waals surface area contributed by atoms with Crippen LogP contribution in [0.2, 0.25) is 0 Å². The molecule has 2 aliphatic rings. The van der Waals surface area contributed by atoms with Crippen molar-refractivity contribution in [1.82, 2.24) is 0 Å². The van der Waals surface area contributed by atoms with Crippen LogP contribution in [0.3, 0.4) is 0 Å². The molecule has 0 amide bonds. The van der Waals surface area contributed by atoms with Gasteiger partial charge in [-0.25, -0.2) is 0 Å². The zero-order valence-electron chi connectivity index (χ0n) is 12.1. The average molecular weight is 292 g/mol. The van der Waals surface area contributed by atoms with E-state index >= 15 is 0 Å². The predicted molar refractivity (Wildman–Crippen MR) is 78.3 cm³/mol. The van der Waals surface area contributed by atoms with E-state index in [4.69, 9.17) is 9.47 Å². The molecule has 1 saturated heterocycles. The van der Waals surface area contributed by atoms with Crippen molar-refractivity contribution in [1.29, 1.82) is 0 Å². The van der Waals surface area contributed by atoms with Crippen LogP contribution in [0, 0.1) is 17.0 Å². The van der Waals surface area contributed by atoms with E-state index < -0.39 is 0 Å². The summed E-state index contributed by atoms with van der Waals surface area (Å²) in [7, 11) is 0. The molecule has 1 aromatic rings. The third-order valence-corrected chi connectivity index (χ3v) is 4.42. The summed E-state index contributed by atoms with van der Waals surface area (Å²) in [6.45, 7) is 3.15. The fourth-order valence-electron chi connectivity index (χ4n) is 3.19. The van der Waals surface area contributed by atoms with Crippen LogP contribution in [0.25, 0.3) is 0 Å². The summed E-state index contributed by atoms with van der Waals surface area (Å²) in [6, 6.07) is 5.47. The van der Waals surface area contributed by atoms with Gasteiger partial charge in [0.25, 0.3) is 5.69 Å². The number of hydrogen-bond donors (Lipinski definition) is 1. The molecule has 2 fully saturated rings. The van der Waals surface area contributed by atoms with Crippen molar-refractivity contribution in [2.45, 2.75) is 44.4 Å². The molecule has 0 aromatic heterocycles. The molecule has 21 heavy (non-hydrogen) atoms. The molecule has 0 radical (unpaired) electrons. The summed E-state index contributed by atoms with van der Waals surface area (Å²) >= 11 is 0. The fourth-order valence-corrected chi connectivity index (χ4v) is 3.19. The first kappa shape index (κ1) is 14.3. The van der Waals surface area contributed by atoms with Gasteiger partial charge < -0.3 is 14.8 Å². The number of benzene rings is 1. The van der Waals surface area contributed by atoms with Gasteiger partial charge in [0.1, 0.15) is 0 Å². The highest BCUT2D eigenvalue weighted by molar-refractivity contribution is 5.60. The summed E-state index contributed by atoms with van der Waals surface area (Å²) in [5.41, 5.74) is 1.70. The Balaban J connectivity index is 1.65.